The maximum absolute atomic E-state index is 12.5. The van der Waals surface area contributed by atoms with Gasteiger partial charge in [-0.2, -0.15) is 0 Å². The Morgan fingerprint density at radius 3 is 2.73 bits per heavy atom. The molecule has 33 heavy (non-hydrogen) atoms. The van der Waals surface area contributed by atoms with Crippen LogP contribution in [0, 0.1) is 5.92 Å². The number of pyridine rings is 1. The van der Waals surface area contributed by atoms with Crippen LogP contribution in [-0.2, 0) is 4.74 Å². The highest BCUT2D eigenvalue weighted by molar-refractivity contribution is 6.32. The monoisotopic (exact) mass is 476 g/mol. The molecule has 0 unspecified atom stereocenters. The van der Waals surface area contributed by atoms with Gasteiger partial charge >= 0.3 is 12.1 Å². The van der Waals surface area contributed by atoms with Crippen LogP contribution in [0.15, 0.2) is 29.2 Å². The molecule has 0 aliphatic carbocycles. The third kappa shape index (κ3) is 4.64. The fourth-order valence-corrected chi connectivity index (χ4v) is 4.22. The Bertz CT molecular complexity index is 1140. The minimum atomic E-state index is -1.27. The number of hydrogen-bond donors (Lipinski definition) is 1. The average Bonchev–Trinajstić information content (AvgIpc) is 3.10. The van der Waals surface area contributed by atoms with Crippen LogP contribution >= 0.6 is 11.6 Å². The summed E-state index contributed by atoms with van der Waals surface area (Å²) in [5.74, 6) is -0.229. The number of nitrogens with zero attached hydrogens (tertiary/aromatic N) is 2. The summed E-state index contributed by atoms with van der Waals surface area (Å²) in [6.45, 7) is 6.14. The third-order valence-electron chi connectivity index (χ3n) is 5.83. The number of halogens is 1. The number of carbonyl (C=O) groups is 2. The lowest BCUT2D eigenvalue weighted by Gasteiger charge is -2.24. The van der Waals surface area contributed by atoms with Crippen molar-refractivity contribution >= 4 is 23.7 Å². The Labute approximate surface area is 195 Å². The van der Waals surface area contributed by atoms with E-state index in [-0.39, 0.29) is 30.2 Å². The molecule has 9 nitrogen and oxygen atoms in total. The Kier molecular flexibility index (Phi) is 6.51. The van der Waals surface area contributed by atoms with Gasteiger partial charge in [0.2, 0.25) is 0 Å². The summed E-state index contributed by atoms with van der Waals surface area (Å²) in [7, 11) is 0. The van der Waals surface area contributed by atoms with Gasteiger partial charge in [-0.1, -0.05) is 25.4 Å². The molecule has 1 fully saturated rings. The number of fused-ring (bicyclic) bond motifs is 3. The molecule has 2 aromatic rings. The summed E-state index contributed by atoms with van der Waals surface area (Å²) in [6.07, 6.45) is 1.67. The molecule has 0 spiro atoms. The van der Waals surface area contributed by atoms with Crippen molar-refractivity contribution in [3.05, 3.63) is 45.2 Å². The van der Waals surface area contributed by atoms with Crippen LogP contribution in [0.25, 0.3) is 11.3 Å². The number of rotatable bonds is 7. The number of benzene rings is 1. The van der Waals surface area contributed by atoms with Crippen LogP contribution < -0.4 is 14.9 Å². The fraction of sp³-hybridized carbons (Fsp3) is 0.435. The van der Waals surface area contributed by atoms with Gasteiger partial charge in [0.05, 0.1) is 29.9 Å². The molecule has 1 aromatic carbocycles. The minimum Gasteiger partial charge on any atom is -0.492 e. The maximum Gasteiger partial charge on any atom is 0.409 e. The molecule has 2 aliphatic rings. The second-order valence-electron chi connectivity index (χ2n) is 8.35. The van der Waals surface area contributed by atoms with Crippen LogP contribution in [0.4, 0.5) is 4.79 Å². The first-order valence-electron chi connectivity index (χ1n) is 10.8. The highest BCUT2D eigenvalue weighted by Gasteiger charge is 2.28. The standard InChI is InChI=1S/C23H25ClN2O7/c1-13(2)18-12-33-20-10-21(31-6-3-4-25-5-7-32-23(25)30)16(24)8-14(20)17-9-19(27)15(22(28)29)11-26(17)18/h8-11,13,18H,3-7,12H2,1-2H3,(H,28,29)/t18-/m0/s1. The molecule has 4 rings (SSSR count). The molecule has 1 atom stereocenters. The van der Waals surface area contributed by atoms with Crippen molar-refractivity contribution in [3.63, 3.8) is 0 Å². The van der Waals surface area contributed by atoms with E-state index in [2.05, 4.69) is 0 Å². The largest absolute Gasteiger partial charge is 0.492 e. The summed E-state index contributed by atoms with van der Waals surface area (Å²) in [6, 6.07) is 4.48. The number of aromatic carboxylic acids is 1. The smallest absolute Gasteiger partial charge is 0.409 e. The van der Waals surface area contributed by atoms with E-state index in [9.17, 15) is 19.5 Å². The zero-order valence-electron chi connectivity index (χ0n) is 18.4. The van der Waals surface area contributed by atoms with Crippen molar-refractivity contribution in [1.82, 2.24) is 9.47 Å². The lowest BCUT2D eigenvalue weighted by molar-refractivity contribution is 0.0693. The predicted molar refractivity (Wildman–Crippen MR) is 121 cm³/mol. The number of carbonyl (C=O) groups excluding carboxylic acids is 1. The van der Waals surface area contributed by atoms with Crippen molar-refractivity contribution in [2.75, 3.05) is 32.9 Å². The summed E-state index contributed by atoms with van der Waals surface area (Å²) >= 11 is 6.48. The number of carboxylic acid groups (broad SMARTS) is 1. The van der Waals surface area contributed by atoms with Crippen molar-refractivity contribution in [3.8, 4) is 22.8 Å². The van der Waals surface area contributed by atoms with E-state index in [1.165, 1.54) is 12.3 Å². The second-order valence-corrected chi connectivity index (χ2v) is 8.76. The third-order valence-corrected chi connectivity index (χ3v) is 6.13. The molecule has 2 aliphatic heterocycles. The summed E-state index contributed by atoms with van der Waals surface area (Å²) in [5.41, 5.74) is 0.253. The number of aromatic nitrogens is 1. The average molecular weight is 477 g/mol. The summed E-state index contributed by atoms with van der Waals surface area (Å²) in [5, 5.41) is 9.75. The molecule has 0 radical (unpaired) electrons. The number of cyclic esters (lactones) is 1. The Morgan fingerprint density at radius 1 is 1.27 bits per heavy atom. The van der Waals surface area contributed by atoms with E-state index in [1.807, 2.05) is 13.8 Å². The number of hydrogen-bond acceptors (Lipinski definition) is 6. The molecule has 10 heteroatoms. The van der Waals surface area contributed by atoms with Gasteiger partial charge in [0, 0.05) is 30.4 Å². The molecule has 0 bridgehead atoms. The van der Waals surface area contributed by atoms with Gasteiger partial charge < -0.3 is 28.8 Å². The molecule has 1 saturated heterocycles. The van der Waals surface area contributed by atoms with Gasteiger partial charge in [-0.3, -0.25) is 4.79 Å². The van der Waals surface area contributed by atoms with E-state index in [1.54, 1.807) is 21.6 Å². The van der Waals surface area contributed by atoms with E-state index >= 15 is 0 Å². The molecule has 0 saturated carbocycles. The van der Waals surface area contributed by atoms with E-state index < -0.39 is 11.4 Å². The molecule has 1 amide bonds. The molecule has 1 N–H and O–H groups in total. The molecule has 176 valence electrons. The highest BCUT2D eigenvalue weighted by atomic mass is 35.5. The van der Waals surface area contributed by atoms with Crippen molar-refractivity contribution < 1.29 is 28.9 Å². The van der Waals surface area contributed by atoms with Gasteiger partial charge in [-0.25, -0.2) is 9.59 Å². The molecule has 1 aromatic heterocycles. The minimum absolute atomic E-state index is 0.116. The van der Waals surface area contributed by atoms with Crippen LogP contribution in [-0.4, -0.2) is 59.5 Å². The van der Waals surface area contributed by atoms with E-state index in [0.29, 0.717) is 60.5 Å². The topological polar surface area (TPSA) is 107 Å². The SMILES string of the molecule is CC(C)[C@@H]1COc2cc(OCCCN3CCOC3=O)c(Cl)cc2-c2cc(=O)c(C(=O)O)cn21. The van der Waals surface area contributed by atoms with Gasteiger partial charge in [0.25, 0.3) is 0 Å². The number of carboxylic acids is 1. The van der Waals surface area contributed by atoms with Gasteiger partial charge in [-0.05, 0) is 18.4 Å². The molecule has 3 heterocycles. The van der Waals surface area contributed by atoms with Crippen LogP contribution in [0.1, 0.15) is 36.7 Å². The Hall–Kier alpha value is -3.20. The van der Waals surface area contributed by atoms with Gasteiger partial charge in [0.15, 0.2) is 5.43 Å². The Morgan fingerprint density at radius 2 is 2.06 bits per heavy atom. The van der Waals surface area contributed by atoms with E-state index in [4.69, 9.17) is 25.8 Å². The van der Waals surface area contributed by atoms with Crippen molar-refractivity contribution in [1.29, 1.82) is 0 Å². The predicted octanol–water partition coefficient (Wildman–Crippen LogP) is 3.68. The van der Waals surface area contributed by atoms with Crippen LogP contribution in [0.2, 0.25) is 5.02 Å². The first-order valence-corrected chi connectivity index (χ1v) is 11.1. The van der Waals surface area contributed by atoms with E-state index in [0.717, 1.165) is 0 Å². The van der Waals surface area contributed by atoms with Crippen LogP contribution in [0.3, 0.4) is 0 Å². The van der Waals surface area contributed by atoms with Crippen LogP contribution in [0.5, 0.6) is 11.5 Å². The van der Waals surface area contributed by atoms with Crippen molar-refractivity contribution in [2.45, 2.75) is 26.3 Å². The highest BCUT2D eigenvalue weighted by Crippen LogP contribution is 2.42. The molecular formula is C23H25ClN2O7. The normalized spacial score (nSPS) is 17.2. The quantitative estimate of drug-likeness (QED) is 0.607. The zero-order valence-corrected chi connectivity index (χ0v) is 19.1. The maximum atomic E-state index is 12.5. The summed E-state index contributed by atoms with van der Waals surface area (Å²) < 4.78 is 18.6. The Balaban J connectivity index is 1.61. The second kappa shape index (κ2) is 9.35. The number of ether oxygens (including phenoxy) is 3. The lowest BCUT2D eigenvalue weighted by Crippen LogP contribution is -2.26. The summed E-state index contributed by atoms with van der Waals surface area (Å²) in [4.78, 5) is 37.1. The van der Waals surface area contributed by atoms with Gasteiger partial charge in [-0.15, -0.1) is 0 Å². The van der Waals surface area contributed by atoms with Gasteiger partial charge in [0.1, 0.15) is 30.3 Å². The number of amides is 1. The van der Waals surface area contributed by atoms with Crippen molar-refractivity contribution in [2.24, 2.45) is 5.92 Å². The first-order chi connectivity index (χ1) is 15.8. The molecular weight excluding hydrogens is 452 g/mol. The fourth-order valence-electron chi connectivity index (χ4n) is 4.00. The zero-order chi connectivity index (χ0) is 23.7. The lowest BCUT2D eigenvalue weighted by atomic mass is 10.0. The first kappa shape index (κ1) is 23.0.